The van der Waals surface area contributed by atoms with Crippen LogP contribution in [0.5, 0.6) is 5.75 Å². The van der Waals surface area contributed by atoms with Crippen molar-refractivity contribution in [3.05, 3.63) is 65.2 Å². The van der Waals surface area contributed by atoms with E-state index in [1.807, 2.05) is 24.3 Å². The van der Waals surface area contributed by atoms with E-state index < -0.39 is 5.97 Å². The molecule has 0 saturated carbocycles. The van der Waals surface area contributed by atoms with Crippen LogP contribution in [0.3, 0.4) is 0 Å². The first-order valence-corrected chi connectivity index (χ1v) is 7.75. The van der Waals surface area contributed by atoms with Crippen LogP contribution in [-0.4, -0.2) is 28.3 Å². The molecule has 128 valence electrons. The SMILES string of the molecule is COc1ccc(CNc2nc3ccc(C(=O)O)cc3cc2CO)cc1. The van der Waals surface area contributed by atoms with Crippen molar-refractivity contribution in [1.29, 1.82) is 0 Å². The summed E-state index contributed by atoms with van der Waals surface area (Å²) in [4.78, 5) is 15.6. The molecule has 0 atom stereocenters. The average Bonchev–Trinajstić information content (AvgIpc) is 2.65. The predicted octanol–water partition coefficient (Wildman–Crippen LogP) is 3.05. The number of aliphatic hydroxyl groups excluding tert-OH is 1. The van der Waals surface area contributed by atoms with Gasteiger partial charge < -0.3 is 20.3 Å². The van der Waals surface area contributed by atoms with Gasteiger partial charge in [-0.15, -0.1) is 0 Å². The Morgan fingerprint density at radius 3 is 2.56 bits per heavy atom. The number of fused-ring (bicyclic) bond motifs is 1. The van der Waals surface area contributed by atoms with E-state index in [-0.39, 0.29) is 12.2 Å². The number of benzene rings is 2. The second-order valence-electron chi connectivity index (χ2n) is 5.57. The summed E-state index contributed by atoms with van der Waals surface area (Å²) in [5, 5.41) is 22.6. The van der Waals surface area contributed by atoms with E-state index in [0.29, 0.717) is 28.8 Å². The lowest BCUT2D eigenvalue weighted by Crippen LogP contribution is -2.05. The highest BCUT2D eigenvalue weighted by molar-refractivity contribution is 5.93. The Bertz CT molecular complexity index is 907. The predicted molar refractivity (Wildman–Crippen MR) is 94.9 cm³/mol. The summed E-state index contributed by atoms with van der Waals surface area (Å²) in [5.74, 6) is 0.376. The molecule has 0 unspecified atom stereocenters. The lowest BCUT2D eigenvalue weighted by Gasteiger charge is -2.12. The van der Waals surface area contributed by atoms with Crippen LogP contribution in [0.1, 0.15) is 21.5 Å². The maximum atomic E-state index is 11.1. The van der Waals surface area contributed by atoms with Crippen molar-refractivity contribution in [1.82, 2.24) is 4.98 Å². The lowest BCUT2D eigenvalue weighted by atomic mass is 10.1. The molecule has 0 saturated heterocycles. The topological polar surface area (TPSA) is 91.7 Å². The molecule has 0 bridgehead atoms. The molecule has 3 aromatic rings. The van der Waals surface area contributed by atoms with Crippen LogP contribution in [0.4, 0.5) is 5.82 Å². The molecule has 1 heterocycles. The van der Waals surface area contributed by atoms with E-state index in [9.17, 15) is 9.90 Å². The summed E-state index contributed by atoms with van der Waals surface area (Å²) in [5.41, 5.74) is 2.52. The van der Waals surface area contributed by atoms with Crippen molar-refractivity contribution in [3.63, 3.8) is 0 Å². The van der Waals surface area contributed by atoms with E-state index in [2.05, 4.69) is 10.3 Å². The first-order chi connectivity index (χ1) is 12.1. The van der Waals surface area contributed by atoms with E-state index in [0.717, 1.165) is 11.3 Å². The summed E-state index contributed by atoms with van der Waals surface area (Å²) in [6.45, 7) is 0.355. The molecule has 25 heavy (non-hydrogen) atoms. The highest BCUT2D eigenvalue weighted by Crippen LogP contribution is 2.23. The van der Waals surface area contributed by atoms with Crippen LogP contribution in [0.15, 0.2) is 48.5 Å². The number of pyridine rings is 1. The van der Waals surface area contributed by atoms with Crippen LogP contribution in [0, 0.1) is 0 Å². The Labute approximate surface area is 144 Å². The fourth-order valence-corrected chi connectivity index (χ4v) is 2.56. The van der Waals surface area contributed by atoms with E-state index in [1.54, 1.807) is 25.3 Å². The number of carbonyl (C=O) groups is 1. The number of hydrogen-bond acceptors (Lipinski definition) is 5. The van der Waals surface area contributed by atoms with Crippen molar-refractivity contribution >= 4 is 22.7 Å². The third-order valence-electron chi connectivity index (χ3n) is 3.93. The van der Waals surface area contributed by atoms with Gasteiger partial charge in [-0.25, -0.2) is 9.78 Å². The third-order valence-corrected chi connectivity index (χ3v) is 3.93. The number of aliphatic hydroxyl groups is 1. The summed E-state index contributed by atoms with van der Waals surface area (Å²) in [7, 11) is 1.62. The smallest absolute Gasteiger partial charge is 0.335 e. The van der Waals surface area contributed by atoms with Gasteiger partial charge in [-0.2, -0.15) is 0 Å². The first-order valence-electron chi connectivity index (χ1n) is 7.75. The largest absolute Gasteiger partial charge is 0.497 e. The van der Waals surface area contributed by atoms with Crippen LogP contribution in [0.25, 0.3) is 10.9 Å². The number of anilines is 1. The molecule has 0 radical (unpaired) electrons. The number of carboxylic acid groups (broad SMARTS) is 1. The van der Waals surface area contributed by atoms with Crippen molar-refractivity contribution in [3.8, 4) is 5.75 Å². The van der Waals surface area contributed by atoms with Gasteiger partial charge in [0.2, 0.25) is 0 Å². The van der Waals surface area contributed by atoms with Crippen LogP contribution < -0.4 is 10.1 Å². The monoisotopic (exact) mass is 338 g/mol. The molecular formula is C19H18N2O4. The summed E-state index contributed by atoms with van der Waals surface area (Å²) >= 11 is 0. The number of rotatable bonds is 6. The van der Waals surface area contributed by atoms with Gasteiger partial charge in [0.25, 0.3) is 0 Å². The molecule has 0 aliphatic carbocycles. The van der Waals surface area contributed by atoms with Crippen LogP contribution >= 0.6 is 0 Å². The van der Waals surface area contributed by atoms with Gasteiger partial charge in [0, 0.05) is 17.5 Å². The third kappa shape index (κ3) is 3.70. The molecule has 0 spiro atoms. The molecule has 6 nitrogen and oxygen atoms in total. The van der Waals surface area contributed by atoms with Crippen LogP contribution in [0.2, 0.25) is 0 Å². The number of ether oxygens (including phenoxy) is 1. The normalized spacial score (nSPS) is 10.6. The molecule has 3 N–H and O–H groups in total. The summed E-state index contributed by atoms with van der Waals surface area (Å²) in [6, 6.07) is 14.1. The molecule has 6 heteroatoms. The average molecular weight is 338 g/mol. The van der Waals surface area contributed by atoms with Crippen molar-refractivity contribution in [2.24, 2.45) is 0 Å². The number of aromatic nitrogens is 1. The molecule has 3 rings (SSSR count). The molecule has 0 amide bonds. The summed E-state index contributed by atoms with van der Waals surface area (Å²) < 4.78 is 5.14. The zero-order valence-corrected chi connectivity index (χ0v) is 13.7. The highest BCUT2D eigenvalue weighted by atomic mass is 16.5. The second kappa shape index (κ2) is 7.19. The Morgan fingerprint density at radius 1 is 1.16 bits per heavy atom. The van der Waals surface area contributed by atoms with Crippen molar-refractivity contribution in [2.75, 3.05) is 12.4 Å². The van der Waals surface area contributed by atoms with Gasteiger partial charge in [-0.1, -0.05) is 12.1 Å². The number of nitrogens with zero attached hydrogens (tertiary/aromatic N) is 1. The Hall–Kier alpha value is -3.12. The fourth-order valence-electron chi connectivity index (χ4n) is 2.56. The van der Waals surface area contributed by atoms with Crippen molar-refractivity contribution < 1.29 is 19.7 Å². The highest BCUT2D eigenvalue weighted by Gasteiger charge is 2.09. The van der Waals surface area contributed by atoms with Gasteiger partial charge in [0.05, 0.1) is 24.8 Å². The Balaban J connectivity index is 1.86. The number of hydrogen-bond donors (Lipinski definition) is 3. The van der Waals surface area contributed by atoms with Gasteiger partial charge in [0.15, 0.2) is 0 Å². The molecule has 2 aromatic carbocycles. The Kier molecular flexibility index (Phi) is 4.81. The van der Waals surface area contributed by atoms with Gasteiger partial charge in [0.1, 0.15) is 11.6 Å². The zero-order chi connectivity index (χ0) is 17.8. The quantitative estimate of drug-likeness (QED) is 0.640. The van der Waals surface area contributed by atoms with E-state index in [1.165, 1.54) is 6.07 Å². The minimum absolute atomic E-state index is 0.189. The fraction of sp³-hybridized carbons (Fsp3) is 0.158. The molecule has 0 aliphatic heterocycles. The number of methoxy groups -OCH3 is 1. The van der Waals surface area contributed by atoms with Gasteiger partial charge in [-0.3, -0.25) is 0 Å². The number of nitrogens with one attached hydrogen (secondary N) is 1. The minimum atomic E-state index is -0.992. The van der Waals surface area contributed by atoms with Gasteiger partial charge >= 0.3 is 5.97 Å². The second-order valence-corrected chi connectivity index (χ2v) is 5.57. The maximum absolute atomic E-state index is 11.1. The van der Waals surface area contributed by atoms with Crippen LogP contribution in [-0.2, 0) is 13.2 Å². The maximum Gasteiger partial charge on any atom is 0.335 e. The van der Waals surface area contributed by atoms with E-state index >= 15 is 0 Å². The standard InChI is InChI=1S/C19H18N2O4/c1-25-16-5-2-12(3-6-16)10-20-18-15(11-22)9-14-8-13(19(23)24)4-7-17(14)21-18/h2-9,22H,10-11H2,1H3,(H,20,21)(H,23,24). The van der Waals surface area contributed by atoms with Crippen molar-refractivity contribution in [2.45, 2.75) is 13.2 Å². The van der Waals surface area contributed by atoms with Gasteiger partial charge in [-0.05, 0) is 42.0 Å². The first kappa shape index (κ1) is 16.7. The molecular weight excluding hydrogens is 320 g/mol. The zero-order valence-electron chi connectivity index (χ0n) is 13.7. The Morgan fingerprint density at radius 2 is 1.92 bits per heavy atom. The molecule has 0 aliphatic rings. The molecule has 1 aromatic heterocycles. The minimum Gasteiger partial charge on any atom is -0.497 e. The number of aromatic carboxylic acids is 1. The van der Waals surface area contributed by atoms with E-state index in [4.69, 9.17) is 9.84 Å². The molecule has 0 fully saturated rings. The number of carboxylic acids is 1. The lowest BCUT2D eigenvalue weighted by molar-refractivity contribution is 0.0697. The summed E-state index contributed by atoms with van der Waals surface area (Å²) in [6.07, 6.45) is 0.